The lowest BCUT2D eigenvalue weighted by Gasteiger charge is -2.19. The fraction of sp³-hybridized carbons (Fsp3) is 0.211. The highest BCUT2D eigenvalue weighted by atomic mass is 32.1. The third kappa shape index (κ3) is 3.31. The Morgan fingerprint density at radius 3 is 3.00 bits per heavy atom. The number of allylic oxidation sites excluding steroid dienone is 1. The van der Waals surface area contributed by atoms with Crippen LogP contribution in [-0.2, 0) is 11.3 Å². The summed E-state index contributed by atoms with van der Waals surface area (Å²) in [5, 5.41) is 10.0. The van der Waals surface area contributed by atoms with Crippen LogP contribution in [0.1, 0.15) is 45.2 Å². The molecule has 6 nitrogen and oxygen atoms in total. The first kappa shape index (κ1) is 18.0. The van der Waals surface area contributed by atoms with Crippen molar-refractivity contribution >= 4 is 35.1 Å². The molecule has 134 valence electrons. The van der Waals surface area contributed by atoms with Gasteiger partial charge in [0.05, 0.1) is 23.9 Å². The quantitative estimate of drug-likeness (QED) is 0.491. The maximum Gasteiger partial charge on any atom is 0.150 e. The number of ether oxygens (including phenoxy) is 1. The second-order valence-corrected chi connectivity index (χ2v) is 6.86. The Balaban J connectivity index is 2.07. The third-order valence-electron chi connectivity index (χ3n) is 4.32. The van der Waals surface area contributed by atoms with E-state index in [0.29, 0.717) is 17.9 Å². The topological polar surface area (TPSA) is 93.5 Å². The van der Waals surface area contributed by atoms with E-state index in [9.17, 15) is 4.79 Å². The Hall–Kier alpha value is -2.77. The molecule has 0 fully saturated rings. The summed E-state index contributed by atoms with van der Waals surface area (Å²) in [6.07, 6.45) is 6.94. The maximum absolute atomic E-state index is 11.6. The molecule has 3 rings (SSSR count). The zero-order valence-corrected chi connectivity index (χ0v) is 15.4. The summed E-state index contributed by atoms with van der Waals surface area (Å²) >= 11 is 1.54. The first-order valence-electron chi connectivity index (χ1n) is 8.13. The van der Waals surface area contributed by atoms with Crippen LogP contribution in [0.2, 0.25) is 0 Å². The number of aldehydes is 1. The van der Waals surface area contributed by atoms with Crippen molar-refractivity contribution in [1.82, 2.24) is 9.38 Å². The Labute approximate surface area is 155 Å². The predicted octanol–water partition coefficient (Wildman–Crippen LogP) is 3.74. The fourth-order valence-corrected chi connectivity index (χ4v) is 3.57. The molecule has 0 saturated heterocycles. The normalized spacial score (nSPS) is 13.1. The Morgan fingerprint density at radius 1 is 1.54 bits per heavy atom. The lowest BCUT2D eigenvalue weighted by atomic mass is 10.0. The van der Waals surface area contributed by atoms with Crippen LogP contribution < -0.4 is 5.73 Å². The van der Waals surface area contributed by atoms with E-state index in [1.807, 2.05) is 42.0 Å². The molecule has 0 saturated carbocycles. The molecule has 1 atom stereocenters. The number of nitrogens with one attached hydrogen (secondary N) is 1. The molecule has 3 aromatic rings. The molecular formula is C19H20N4O2S. The minimum absolute atomic E-state index is 0.241. The summed E-state index contributed by atoms with van der Waals surface area (Å²) < 4.78 is 8.00. The van der Waals surface area contributed by atoms with Gasteiger partial charge < -0.3 is 20.3 Å². The van der Waals surface area contributed by atoms with Crippen molar-refractivity contribution in [3.63, 3.8) is 0 Å². The van der Waals surface area contributed by atoms with Crippen LogP contribution in [0.5, 0.6) is 0 Å². The number of thiazole rings is 1. The van der Waals surface area contributed by atoms with Crippen molar-refractivity contribution in [3.8, 4) is 0 Å². The number of hydrogen-bond acceptors (Lipinski definition) is 6. The van der Waals surface area contributed by atoms with Gasteiger partial charge in [0.15, 0.2) is 0 Å². The zero-order chi connectivity index (χ0) is 18.7. The van der Waals surface area contributed by atoms with Crippen LogP contribution in [0.25, 0.3) is 11.2 Å². The number of hydrogen-bond donors (Lipinski definition) is 2. The molecule has 26 heavy (non-hydrogen) atoms. The molecule has 0 amide bonds. The molecule has 3 aromatic heterocycles. The summed E-state index contributed by atoms with van der Waals surface area (Å²) in [4.78, 5) is 15.8. The van der Waals surface area contributed by atoms with Crippen LogP contribution in [-0.4, -0.2) is 21.9 Å². The highest BCUT2D eigenvalue weighted by Gasteiger charge is 2.19. The standard InChI is InChI=1S/C19H20N4O2S/c1-12-14(10-24)9-17-15(16(21)3-5-20)4-7-23(17)19(12)13(2)25-11-18-22-6-8-26-18/h3-10,13,20H,11,21H2,1-2H3/b16-3-,20-5?. The van der Waals surface area contributed by atoms with Gasteiger partial charge in [0.2, 0.25) is 0 Å². The van der Waals surface area contributed by atoms with E-state index >= 15 is 0 Å². The molecule has 0 bridgehead atoms. The van der Waals surface area contributed by atoms with E-state index in [-0.39, 0.29) is 6.10 Å². The second-order valence-electron chi connectivity index (χ2n) is 5.88. The van der Waals surface area contributed by atoms with Gasteiger partial charge >= 0.3 is 0 Å². The Bertz CT molecular complexity index is 973. The zero-order valence-electron chi connectivity index (χ0n) is 14.6. The average molecular weight is 368 g/mol. The van der Waals surface area contributed by atoms with Crippen molar-refractivity contribution in [1.29, 1.82) is 5.41 Å². The second kappa shape index (κ2) is 7.63. The number of fused-ring (bicyclic) bond motifs is 1. The molecule has 7 heteroatoms. The van der Waals surface area contributed by atoms with Crippen molar-refractivity contribution in [2.45, 2.75) is 26.6 Å². The van der Waals surface area contributed by atoms with E-state index in [1.54, 1.807) is 17.5 Å². The third-order valence-corrected chi connectivity index (χ3v) is 5.07. The number of carbonyl (C=O) groups excluding carboxylic acids is 1. The monoisotopic (exact) mass is 368 g/mol. The van der Waals surface area contributed by atoms with Gasteiger partial charge in [0, 0.05) is 40.8 Å². The molecule has 0 spiro atoms. The number of rotatable bonds is 7. The van der Waals surface area contributed by atoms with Gasteiger partial charge in [-0.3, -0.25) is 4.79 Å². The van der Waals surface area contributed by atoms with Crippen LogP contribution in [0.4, 0.5) is 0 Å². The molecule has 0 aliphatic heterocycles. The molecule has 3 heterocycles. The minimum Gasteiger partial charge on any atom is -0.398 e. The highest BCUT2D eigenvalue weighted by Crippen LogP contribution is 2.29. The first-order valence-corrected chi connectivity index (χ1v) is 9.01. The van der Waals surface area contributed by atoms with Crippen molar-refractivity contribution in [3.05, 3.63) is 63.4 Å². The van der Waals surface area contributed by atoms with E-state index < -0.39 is 0 Å². The lowest BCUT2D eigenvalue weighted by Crippen LogP contribution is -2.10. The van der Waals surface area contributed by atoms with Crippen LogP contribution >= 0.6 is 11.3 Å². The smallest absolute Gasteiger partial charge is 0.150 e. The van der Waals surface area contributed by atoms with E-state index in [4.69, 9.17) is 15.9 Å². The molecule has 3 N–H and O–H groups in total. The predicted molar refractivity (Wildman–Crippen MR) is 104 cm³/mol. The fourth-order valence-electron chi connectivity index (χ4n) is 3.03. The summed E-state index contributed by atoms with van der Waals surface area (Å²) in [6.45, 7) is 4.29. The van der Waals surface area contributed by atoms with Gasteiger partial charge in [0.1, 0.15) is 11.3 Å². The van der Waals surface area contributed by atoms with Crippen molar-refractivity contribution < 1.29 is 9.53 Å². The Kier molecular flexibility index (Phi) is 5.29. The van der Waals surface area contributed by atoms with Gasteiger partial charge in [-0.25, -0.2) is 4.98 Å². The van der Waals surface area contributed by atoms with Crippen LogP contribution in [0.15, 0.2) is 36.0 Å². The van der Waals surface area contributed by atoms with Crippen molar-refractivity contribution in [2.24, 2.45) is 5.73 Å². The lowest BCUT2D eigenvalue weighted by molar-refractivity contribution is 0.0484. The maximum atomic E-state index is 11.6. The highest BCUT2D eigenvalue weighted by molar-refractivity contribution is 7.09. The number of carbonyl (C=O) groups is 1. The van der Waals surface area contributed by atoms with E-state index in [0.717, 1.165) is 39.8 Å². The summed E-state index contributed by atoms with van der Waals surface area (Å²) in [6, 6.07) is 3.70. The number of nitrogens with two attached hydrogens (primary N) is 1. The molecule has 0 radical (unpaired) electrons. The molecule has 0 aromatic carbocycles. The SMILES string of the molecule is Cc1c(C=O)cc2c(/C(N)=C/C=N)ccn2c1C(C)OCc1nccs1. The summed E-state index contributed by atoms with van der Waals surface area (Å²) in [7, 11) is 0. The van der Waals surface area contributed by atoms with Crippen LogP contribution in [0.3, 0.4) is 0 Å². The largest absolute Gasteiger partial charge is 0.398 e. The van der Waals surface area contributed by atoms with E-state index in [1.165, 1.54) is 6.08 Å². The van der Waals surface area contributed by atoms with Crippen LogP contribution in [0, 0.1) is 12.3 Å². The summed E-state index contributed by atoms with van der Waals surface area (Å²) in [5.74, 6) is 0. The minimum atomic E-state index is -0.241. The first-order chi connectivity index (χ1) is 12.6. The van der Waals surface area contributed by atoms with E-state index in [2.05, 4.69) is 4.98 Å². The molecule has 0 aliphatic carbocycles. The van der Waals surface area contributed by atoms with Gasteiger partial charge in [-0.1, -0.05) is 0 Å². The van der Waals surface area contributed by atoms with Crippen molar-refractivity contribution in [2.75, 3.05) is 0 Å². The summed E-state index contributed by atoms with van der Waals surface area (Å²) in [5.41, 5.74) is 10.5. The van der Waals surface area contributed by atoms with Gasteiger partial charge in [-0.15, -0.1) is 11.3 Å². The van der Waals surface area contributed by atoms with Gasteiger partial charge in [0.25, 0.3) is 0 Å². The number of aromatic nitrogens is 2. The number of nitrogens with zero attached hydrogens (tertiary/aromatic N) is 2. The molecule has 0 aliphatic rings. The Morgan fingerprint density at radius 2 is 2.35 bits per heavy atom. The molecular weight excluding hydrogens is 348 g/mol. The van der Waals surface area contributed by atoms with Gasteiger partial charge in [-0.2, -0.15) is 0 Å². The molecule has 1 unspecified atom stereocenters. The average Bonchev–Trinajstić information content (AvgIpc) is 3.28. The number of pyridine rings is 1. The van der Waals surface area contributed by atoms with Gasteiger partial charge in [-0.05, 0) is 37.6 Å².